The van der Waals surface area contributed by atoms with Crippen LogP contribution >= 0.6 is 15.9 Å². The number of carbonyl (C=O) groups excluding carboxylic acids is 3. The molecule has 2 rings (SSSR count). The van der Waals surface area contributed by atoms with Gasteiger partial charge in [-0.25, -0.2) is 4.79 Å². The molecule has 29 heavy (non-hydrogen) atoms. The number of nitrogens with zero attached hydrogens (tertiary/aromatic N) is 2. The Bertz CT molecular complexity index is 977. The third-order valence-corrected chi connectivity index (χ3v) is 5.55. The van der Waals surface area contributed by atoms with Crippen molar-refractivity contribution in [3.8, 4) is 0 Å². The van der Waals surface area contributed by atoms with E-state index in [0.717, 1.165) is 4.47 Å². The Labute approximate surface area is 179 Å². The molecule has 0 radical (unpaired) electrons. The van der Waals surface area contributed by atoms with Crippen LogP contribution in [0.2, 0.25) is 0 Å². The lowest BCUT2D eigenvalue weighted by Gasteiger charge is -2.27. The van der Waals surface area contributed by atoms with Gasteiger partial charge in [-0.3, -0.25) is 9.59 Å². The first-order valence-corrected chi connectivity index (χ1v) is 9.90. The Morgan fingerprint density at radius 2 is 1.97 bits per heavy atom. The predicted octanol–water partition coefficient (Wildman–Crippen LogP) is 4.09. The fourth-order valence-corrected chi connectivity index (χ4v) is 3.82. The molecule has 0 saturated carbocycles. The number of aromatic nitrogens is 1. The van der Waals surface area contributed by atoms with Crippen LogP contribution in [0, 0.1) is 13.8 Å². The van der Waals surface area contributed by atoms with Crippen molar-refractivity contribution in [2.75, 3.05) is 13.7 Å². The van der Waals surface area contributed by atoms with Crippen molar-refractivity contribution in [3.63, 3.8) is 0 Å². The van der Waals surface area contributed by atoms with Gasteiger partial charge in [0.05, 0.1) is 13.2 Å². The van der Waals surface area contributed by atoms with Crippen LogP contribution in [0.25, 0.3) is 0 Å². The zero-order valence-corrected chi connectivity index (χ0v) is 18.9. The highest BCUT2D eigenvalue weighted by Gasteiger charge is 2.32. The molecule has 1 unspecified atom stereocenters. The molecule has 1 aromatic heterocycles. The molecule has 6 nitrogen and oxygen atoms in total. The maximum atomic E-state index is 13.4. The number of methoxy groups -OCH3 is 1. The average molecular weight is 461 g/mol. The van der Waals surface area contributed by atoms with E-state index in [1.807, 2.05) is 6.07 Å². The summed E-state index contributed by atoms with van der Waals surface area (Å²) in [4.78, 5) is 40.1. The molecule has 1 heterocycles. The minimum Gasteiger partial charge on any atom is -0.464 e. The van der Waals surface area contributed by atoms with Gasteiger partial charge in [-0.15, -0.1) is 6.58 Å². The number of hydrogen-bond acceptors (Lipinski definition) is 4. The number of carbonyl (C=O) groups is 3. The van der Waals surface area contributed by atoms with E-state index in [-0.39, 0.29) is 18.2 Å². The summed E-state index contributed by atoms with van der Waals surface area (Å²) in [5, 5.41) is 0. The van der Waals surface area contributed by atoms with Crippen LogP contribution < -0.4 is 0 Å². The van der Waals surface area contributed by atoms with Gasteiger partial charge < -0.3 is 14.2 Å². The quantitative estimate of drug-likeness (QED) is 0.354. The molecule has 1 amide bonds. The van der Waals surface area contributed by atoms with Crippen molar-refractivity contribution in [1.29, 1.82) is 0 Å². The van der Waals surface area contributed by atoms with Crippen molar-refractivity contribution < 1.29 is 19.1 Å². The molecular formula is C22H25BrN2O4. The third kappa shape index (κ3) is 4.34. The summed E-state index contributed by atoms with van der Waals surface area (Å²) in [6.45, 7) is 9.10. The van der Waals surface area contributed by atoms with Gasteiger partial charge in [0.15, 0.2) is 5.78 Å². The van der Waals surface area contributed by atoms with E-state index in [0.29, 0.717) is 28.1 Å². The van der Waals surface area contributed by atoms with Crippen molar-refractivity contribution in [3.05, 3.63) is 69.5 Å². The number of Topliss-reactive ketones (excluding diaryl/α,β-unsaturated/α-hetero) is 1. The standard InChI is InChI=1S/C22H25BrN2O4/c1-7-11-25(21(27)16-9-8-10-17(23)12-16)15(4)20(26)18-13(2)19(22(28)29-6)24(5)14(18)3/h7-10,12,15H,1,11H2,2-6H3. The lowest BCUT2D eigenvalue weighted by Crippen LogP contribution is -2.43. The van der Waals surface area contributed by atoms with E-state index in [1.54, 1.807) is 56.7 Å². The minimum atomic E-state index is -0.746. The first-order chi connectivity index (χ1) is 13.6. The topological polar surface area (TPSA) is 68.6 Å². The number of halogens is 1. The zero-order valence-electron chi connectivity index (χ0n) is 17.3. The largest absolute Gasteiger partial charge is 0.464 e. The first kappa shape index (κ1) is 22.6. The molecule has 0 spiro atoms. The Balaban J connectivity index is 2.47. The summed E-state index contributed by atoms with van der Waals surface area (Å²) in [5.41, 5.74) is 2.42. The van der Waals surface area contributed by atoms with Gasteiger partial charge in [-0.1, -0.05) is 28.1 Å². The van der Waals surface area contributed by atoms with Crippen LogP contribution in [0.15, 0.2) is 41.4 Å². The normalized spacial score (nSPS) is 11.7. The molecule has 2 aromatic rings. The Hall–Kier alpha value is -2.67. The number of rotatable bonds is 7. The van der Waals surface area contributed by atoms with Crippen molar-refractivity contribution in [2.24, 2.45) is 7.05 Å². The SMILES string of the molecule is C=CCN(C(=O)c1cccc(Br)c1)C(C)C(=O)c1c(C)c(C(=O)OC)n(C)c1C. The molecule has 1 aromatic carbocycles. The molecule has 0 aliphatic carbocycles. The Morgan fingerprint density at radius 3 is 2.52 bits per heavy atom. The lowest BCUT2D eigenvalue weighted by atomic mass is 9.99. The molecule has 1 atom stereocenters. The summed E-state index contributed by atoms with van der Waals surface area (Å²) in [6.07, 6.45) is 1.59. The number of ketones is 1. The molecular weight excluding hydrogens is 436 g/mol. The van der Waals surface area contributed by atoms with E-state index >= 15 is 0 Å². The monoisotopic (exact) mass is 460 g/mol. The second-order valence-corrected chi connectivity index (χ2v) is 7.70. The van der Waals surface area contributed by atoms with E-state index in [9.17, 15) is 14.4 Å². The fraction of sp³-hybridized carbons (Fsp3) is 0.318. The average Bonchev–Trinajstić information content (AvgIpc) is 2.92. The van der Waals surface area contributed by atoms with Gasteiger partial charge in [0, 0.05) is 34.9 Å². The van der Waals surface area contributed by atoms with Crippen molar-refractivity contribution in [2.45, 2.75) is 26.8 Å². The molecule has 0 aliphatic heterocycles. The summed E-state index contributed by atoms with van der Waals surface area (Å²) in [5.74, 6) is -1.02. The summed E-state index contributed by atoms with van der Waals surface area (Å²) >= 11 is 3.37. The van der Waals surface area contributed by atoms with Gasteiger partial charge in [-0.2, -0.15) is 0 Å². The lowest BCUT2D eigenvalue weighted by molar-refractivity contribution is 0.0588. The minimum absolute atomic E-state index is 0.215. The number of ether oxygens (including phenoxy) is 1. The molecule has 0 fully saturated rings. The van der Waals surface area contributed by atoms with Crippen LogP contribution in [-0.2, 0) is 11.8 Å². The molecule has 0 bridgehead atoms. The third-order valence-electron chi connectivity index (χ3n) is 5.06. The number of benzene rings is 1. The highest BCUT2D eigenvalue weighted by atomic mass is 79.9. The van der Waals surface area contributed by atoms with Gasteiger partial charge >= 0.3 is 5.97 Å². The summed E-state index contributed by atoms with van der Waals surface area (Å²) in [6, 6.07) is 6.27. The van der Waals surface area contributed by atoms with Gasteiger partial charge in [0.2, 0.25) is 0 Å². The van der Waals surface area contributed by atoms with E-state index in [1.165, 1.54) is 12.0 Å². The maximum absolute atomic E-state index is 13.4. The van der Waals surface area contributed by atoms with Crippen LogP contribution in [-0.4, -0.2) is 46.8 Å². The maximum Gasteiger partial charge on any atom is 0.354 e. The zero-order chi connectivity index (χ0) is 21.9. The molecule has 0 N–H and O–H groups in total. The molecule has 0 saturated heterocycles. The van der Waals surface area contributed by atoms with Gasteiger partial charge in [0.1, 0.15) is 5.69 Å². The number of amides is 1. The fourth-order valence-electron chi connectivity index (χ4n) is 3.42. The van der Waals surface area contributed by atoms with Crippen LogP contribution in [0.4, 0.5) is 0 Å². The molecule has 154 valence electrons. The predicted molar refractivity (Wildman–Crippen MR) is 115 cm³/mol. The van der Waals surface area contributed by atoms with E-state index in [4.69, 9.17) is 4.74 Å². The Morgan fingerprint density at radius 1 is 1.31 bits per heavy atom. The van der Waals surface area contributed by atoms with Crippen molar-refractivity contribution >= 4 is 33.6 Å². The van der Waals surface area contributed by atoms with Gasteiger partial charge in [-0.05, 0) is 44.5 Å². The highest BCUT2D eigenvalue weighted by Crippen LogP contribution is 2.25. The van der Waals surface area contributed by atoms with Crippen LogP contribution in [0.3, 0.4) is 0 Å². The van der Waals surface area contributed by atoms with Crippen LogP contribution in [0.1, 0.15) is 49.4 Å². The highest BCUT2D eigenvalue weighted by molar-refractivity contribution is 9.10. The summed E-state index contributed by atoms with van der Waals surface area (Å²) < 4.78 is 7.27. The molecule has 7 heteroatoms. The number of hydrogen-bond donors (Lipinski definition) is 0. The second-order valence-electron chi connectivity index (χ2n) is 6.78. The number of esters is 1. The summed E-state index contributed by atoms with van der Waals surface area (Å²) in [7, 11) is 3.01. The Kier molecular flexibility index (Phi) is 7.19. The van der Waals surface area contributed by atoms with Crippen LogP contribution in [0.5, 0.6) is 0 Å². The van der Waals surface area contributed by atoms with Gasteiger partial charge in [0.25, 0.3) is 5.91 Å². The first-order valence-electron chi connectivity index (χ1n) is 9.11. The molecule has 0 aliphatic rings. The van der Waals surface area contributed by atoms with E-state index in [2.05, 4.69) is 22.5 Å². The van der Waals surface area contributed by atoms with Crippen molar-refractivity contribution in [1.82, 2.24) is 9.47 Å². The second kappa shape index (κ2) is 9.22. The smallest absolute Gasteiger partial charge is 0.354 e. The van der Waals surface area contributed by atoms with E-state index < -0.39 is 12.0 Å².